The van der Waals surface area contributed by atoms with Crippen LogP contribution in [0.4, 0.5) is 0 Å². The Morgan fingerprint density at radius 3 is 2.44 bits per heavy atom. The minimum absolute atomic E-state index is 0.00832. The number of rotatable bonds is 3. The Labute approximate surface area is 103 Å². The second kappa shape index (κ2) is 4.23. The SMILES string of the molecule is O=C(O)c1cc(S(=O)(=O)N2CC(O)C2)ccc1O. The monoisotopic (exact) mass is 273 g/mol. The quantitative estimate of drug-likeness (QED) is 0.681. The first-order valence-corrected chi connectivity index (χ1v) is 6.51. The van der Waals surface area contributed by atoms with Crippen molar-refractivity contribution in [3.8, 4) is 5.75 Å². The molecule has 0 saturated carbocycles. The molecule has 0 unspecified atom stereocenters. The number of benzene rings is 1. The average Bonchev–Trinajstić information content (AvgIpc) is 2.24. The van der Waals surface area contributed by atoms with Crippen molar-refractivity contribution in [1.29, 1.82) is 0 Å². The van der Waals surface area contributed by atoms with Gasteiger partial charge in [-0.25, -0.2) is 13.2 Å². The van der Waals surface area contributed by atoms with Gasteiger partial charge in [-0.05, 0) is 18.2 Å². The van der Waals surface area contributed by atoms with Crippen molar-refractivity contribution >= 4 is 16.0 Å². The van der Waals surface area contributed by atoms with Crippen molar-refractivity contribution in [2.24, 2.45) is 0 Å². The summed E-state index contributed by atoms with van der Waals surface area (Å²) >= 11 is 0. The molecule has 1 aromatic carbocycles. The molecule has 0 amide bonds. The zero-order valence-electron chi connectivity index (χ0n) is 9.15. The van der Waals surface area contributed by atoms with Crippen molar-refractivity contribution < 1.29 is 28.5 Å². The Kier molecular flexibility index (Phi) is 3.01. The highest BCUT2D eigenvalue weighted by Gasteiger charge is 2.36. The molecule has 8 heteroatoms. The van der Waals surface area contributed by atoms with Crippen LogP contribution in [0.1, 0.15) is 10.4 Å². The van der Waals surface area contributed by atoms with E-state index in [0.717, 1.165) is 22.5 Å². The summed E-state index contributed by atoms with van der Waals surface area (Å²) in [5.74, 6) is -1.90. The van der Waals surface area contributed by atoms with Gasteiger partial charge in [0, 0.05) is 13.1 Å². The van der Waals surface area contributed by atoms with Gasteiger partial charge in [-0.2, -0.15) is 4.31 Å². The van der Waals surface area contributed by atoms with Crippen LogP contribution in [0.15, 0.2) is 23.1 Å². The van der Waals surface area contributed by atoms with E-state index in [-0.39, 0.29) is 18.0 Å². The molecule has 3 N–H and O–H groups in total. The van der Waals surface area contributed by atoms with Crippen LogP contribution in [-0.2, 0) is 10.0 Å². The minimum Gasteiger partial charge on any atom is -0.507 e. The van der Waals surface area contributed by atoms with Crippen molar-refractivity contribution in [3.05, 3.63) is 23.8 Å². The third-order valence-electron chi connectivity index (χ3n) is 2.66. The van der Waals surface area contributed by atoms with E-state index in [0.29, 0.717) is 0 Å². The number of hydrogen-bond acceptors (Lipinski definition) is 5. The predicted molar refractivity (Wildman–Crippen MR) is 59.8 cm³/mol. The summed E-state index contributed by atoms with van der Waals surface area (Å²) in [7, 11) is -3.81. The Morgan fingerprint density at radius 2 is 1.94 bits per heavy atom. The summed E-state index contributed by atoms with van der Waals surface area (Å²) in [5.41, 5.74) is -0.475. The van der Waals surface area contributed by atoms with Gasteiger partial charge in [0.05, 0.1) is 11.0 Å². The van der Waals surface area contributed by atoms with Gasteiger partial charge in [0.2, 0.25) is 10.0 Å². The Morgan fingerprint density at radius 1 is 1.33 bits per heavy atom. The van der Waals surface area contributed by atoms with Gasteiger partial charge in [-0.3, -0.25) is 0 Å². The first-order chi connectivity index (χ1) is 8.32. The molecule has 0 spiro atoms. The van der Waals surface area contributed by atoms with Crippen LogP contribution in [0.25, 0.3) is 0 Å². The lowest BCUT2D eigenvalue weighted by molar-refractivity contribution is 0.0547. The Bertz CT molecular complexity index is 590. The van der Waals surface area contributed by atoms with E-state index in [1.807, 2.05) is 0 Å². The normalized spacial score (nSPS) is 17.4. The Hall–Kier alpha value is -1.64. The van der Waals surface area contributed by atoms with E-state index in [1.165, 1.54) is 0 Å². The molecule has 98 valence electrons. The van der Waals surface area contributed by atoms with Crippen LogP contribution in [0.2, 0.25) is 0 Å². The summed E-state index contributed by atoms with van der Waals surface area (Å²) in [4.78, 5) is 10.6. The first-order valence-electron chi connectivity index (χ1n) is 5.07. The first kappa shape index (κ1) is 12.8. The van der Waals surface area contributed by atoms with Gasteiger partial charge in [0.25, 0.3) is 0 Å². The molecule has 1 aliphatic heterocycles. The molecule has 1 fully saturated rings. The number of carboxylic acids is 1. The molecule has 0 atom stereocenters. The molecule has 0 aliphatic carbocycles. The summed E-state index contributed by atoms with van der Waals surface area (Å²) < 4.78 is 25.0. The highest BCUT2D eigenvalue weighted by Crippen LogP contribution is 2.26. The molecule has 0 aromatic heterocycles. The average molecular weight is 273 g/mol. The number of aliphatic hydroxyl groups excluding tert-OH is 1. The van der Waals surface area contributed by atoms with Crippen LogP contribution >= 0.6 is 0 Å². The molecule has 1 saturated heterocycles. The van der Waals surface area contributed by atoms with Gasteiger partial charge in [-0.1, -0.05) is 0 Å². The molecular weight excluding hydrogens is 262 g/mol. The number of aromatic hydroxyl groups is 1. The molecule has 1 aromatic rings. The predicted octanol–water partition coefficient (Wildman–Crippen LogP) is -0.544. The van der Waals surface area contributed by atoms with Gasteiger partial charge in [0.15, 0.2) is 0 Å². The van der Waals surface area contributed by atoms with E-state index in [4.69, 9.17) is 10.2 Å². The van der Waals surface area contributed by atoms with Crippen LogP contribution in [0.3, 0.4) is 0 Å². The summed E-state index contributed by atoms with van der Waals surface area (Å²) in [5, 5.41) is 27.2. The number of aliphatic hydroxyl groups is 1. The third kappa shape index (κ3) is 2.05. The number of carbonyl (C=O) groups is 1. The number of sulfonamides is 1. The van der Waals surface area contributed by atoms with Crippen LogP contribution < -0.4 is 0 Å². The van der Waals surface area contributed by atoms with E-state index >= 15 is 0 Å². The number of aromatic carboxylic acids is 1. The number of nitrogens with zero attached hydrogens (tertiary/aromatic N) is 1. The zero-order valence-corrected chi connectivity index (χ0v) is 9.96. The van der Waals surface area contributed by atoms with Crippen LogP contribution in [0.5, 0.6) is 5.75 Å². The lowest BCUT2D eigenvalue weighted by atomic mass is 10.2. The summed E-state index contributed by atoms with van der Waals surface area (Å²) in [6.45, 7) is -0.0166. The van der Waals surface area contributed by atoms with Gasteiger partial charge in [-0.15, -0.1) is 0 Å². The highest BCUT2D eigenvalue weighted by molar-refractivity contribution is 7.89. The van der Waals surface area contributed by atoms with Crippen LogP contribution in [-0.4, -0.2) is 53.2 Å². The van der Waals surface area contributed by atoms with Crippen molar-refractivity contribution in [2.45, 2.75) is 11.0 Å². The lowest BCUT2D eigenvalue weighted by Crippen LogP contribution is -2.53. The molecule has 0 bridgehead atoms. The molecule has 0 radical (unpaired) electrons. The zero-order chi connectivity index (χ0) is 13.5. The summed E-state index contributed by atoms with van der Waals surface area (Å²) in [6, 6.07) is 3.05. The largest absolute Gasteiger partial charge is 0.507 e. The second-order valence-electron chi connectivity index (χ2n) is 3.96. The van der Waals surface area contributed by atoms with Gasteiger partial charge >= 0.3 is 5.97 Å². The number of hydrogen-bond donors (Lipinski definition) is 3. The molecule has 18 heavy (non-hydrogen) atoms. The smallest absolute Gasteiger partial charge is 0.339 e. The number of carboxylic acid groups (broad SMARTS) is 1. The van der Waals surface area contributed by atoms with Crippen LogP contribution in [0, 0.1) is 0 Å². The van der Waals surface area contributed by atoms with Gasteiger partial charge < -0.3 is 15.3 Å². The molecular formula is C10H11NO6S. The topological polar surface area (TPSA) is 115 Å². The second-order valence-corrected chi connectivity index (χ2v) is 5.90. The number of phenols is 1. The maximum Gasteiger partial charge on any atom is 0.339 e. The molecule has 1 heterocycles. The number of β-amino-alcohol motifs (C(OH)–C–C–N with tert-alkyl or cyclic N) is 1. The fourth-order valence-corrected chi connectivity index (χ4v) is 3.15. The fourth-order valence-electron chi connectivity index (χ4n) is 1.61. The van der Waals surface area contributed by atoms with Crippen molar-refractivity contribution in [1.82, 2.24) is 4.31 Å². The van der Waals surface area contributed by atoms with E-state index in [1.54, 1.807) is 0 Å². The standard InChI is InChI=1S/C10H11NO6S/c12-6-4-11(5-6)18(16,17)7-1-2-9(13)8(3-7)10(14)15/h1-3,6,12-13H,4-5H2,(H,14,15). The summed E-state index contributed by atoms with van der Waals surface area (Å²) in [6.07, 6.45) is -0.684. The maximum atomic E-state index is 12.0. The molecule has 2 rings (SSSR count). The maximum absolute atomic E-state index is 12.0. The van der Waals surface area contributed by atoms with Gasteiger partial charge in [0.1, 0.15) is 11.3 Å². The fraction of sp³-hybridized carbons (Fsp3) is 0.300. The lowest BCUT2D eigenvalue weighted by Gasteiger charge is -2.34. The van der Waals surface area contributed by atoms with Crippen molar-refractivity contribution in [2.75, 3.05) is 13.1 Å². The third-order valence-corrected chi connectivity index (χ3v) is 4.49. The van der Waals surface area contributed by atoms with E-state index in [9.17, 15) is 18.3 Å². The Balaban J connectivity index is 2.40. The van der Waals surface area contributed by atoms with E-state index < -0.39 is 33.4 Å². The highest BCUT2D eigenvalue weighted by atomic mass is 32.2. The molecule has 7 nitrogen and oxygen atoms in total. The molecule has 1 aliphatic rings. The van der Waals surface area contributed by atoms with E-state index in [2.05, 4.69) is 0 Å². The van der Waals surface area contributed by atoms with Crippen molar-refractivity contribution in [3.63, 3.8) is 0 Å². The minimum atomic E-state index is -3.81.